The van der Waals surface area contributed by atoms with Crippen LogP contribution in [0, 0.1) is 6.92 Å². The summed E-state index contributed by atoms with van der Waals surface area (Å²) in [5, 5.41) is 10.1. The molecule has 8 heteroatoms. The van der Waals surface area contributed by atoms with E-state index < -0.39 is 10.0 Å². The van der Waals surface area contributed by atoms with Gasteiger partial charge in [-0.3, -0.25) is 4.31 Å². The van der Waals surface area contributed by atoms with Gasteiger partial charge in [-0.25, -0.2) is 8.42 Å². The standard InChI is InChI=1S/C14H12Cl3NO3S/c1-8-3-4-13(19)12(5-8)18(2)22(20,21)14-7-10(16)9(15)6-11(14)17/h3-7,19H,1-2H3. The van der Waals surface area contributed by atoms with Gasteiger partial charge in [-0.1, -0.05) is 40.9 Å². The number of phenols is 1. The number of sulfonamides is 1. The number of phenolic OH excluding ortho intramolecular Hbond substituents is 1. The van der Waals surface area contributed by atoms with Crippen molar-refractivity contribution in [3.05, 3.63) is 51.0 Å². The van der Waals surface area contributed by atoms with Crippen molar-refractivity contribution < 1.29 is 13.5 Å². The fourth-order valence-electron chi connectivity index (χ4n) is 1.86. The Morgan fingerprint density at radius 3 is 2.23 bits per heavy atom. The summed E-state index contributed by atoms with van der Waals surface area (Å²) in [6.07, 6.45) is 0. The van der Waals surface area contributed by atoms with E-state index in [9.17, 15) is 13.5 Å². The van der Waals surface area contributed by atoms with E-state index >= 15 is 0 Å². The van der Waals surface area contributed by atoms with E-state index in [4.69, 9.17) is 34.8 Å². The first kappa shape index (κ1) is 17.2. The second-order valence-corrected chi connectivity index (χ2v) is 7.82. The Morgan fingerprint density at radius 1 is 1.00 bits per heavy atom. The van der Waals surface area contributed by atoms with Crippen LogP contribution in [0.3, 0.4) is 0 Å². The van der Waals surface area contributed by atoms with Crippen LogP contribution in [-0.2, 0) is 10.0 Å². The van der Waals surface area contributed by atoms with Crippen LogP contribution in [0.15, 0.2) is 35.2 Å². The molecule has 0 saturated carbocycles. The highest BCUT2D eigenvalue weighted by atomic mass is 35.5. The Bertz CT molecular complexity index is 837. The molecule has 2 aromatic rings. The number of halogens is 3. The largest absolute Gasteiger partial charge is 0.506 e. The quantitative estimate of drug-likeness (QED) is 0.798. The van der Waals surface area contributed by atoms with Crippen molar-refractivity contribution in [1.82, 2.24) is 0 Å². The number of anilines is 1. The van der Waals surface area contributed by atoms with Crippen LogP contribution >= 0.6 is 34.8 Å². The first-order valence-corrected chi connectivity index (χ1v) is 8.65. The molecule has 2 rings (SSSR count). The molecule has 1 N–H and O–H groups in total. The van der Waals surface area contributed by atoms with E-state index in [1.807, 2.05) is 0 Å². The van der Waals surface area contributed by atoms with Crippen LogP contribution in [0.2, 0.25) is 15.1 Å². The van der Waals surface area contributed by atoms with Gasteiger partial charge in [0, 0.05) is 7.05 Å². The van der Waals surface area contributed by atoms with Gasteiger partial charge in [0.2, 0.25) is 0 Å². The molecule has 0 bridgehead atoms. The molecule has 0 heterocycles. The number of hydrogen-bond donors (Lipinski definition) is 1. The van der Waals surface area contributed by atoms with Gasteiger partial charge in [0.05, 0.1) is 20.8 Å². The minimum Gasteiger partial charge on any atom is -0.506 e. The summed E-state index contributed by atoms with van der Waals surface area (Å²) in [6, 6.07) is 7.10. The highest BCUT2D eigenvalue weighted by Gasteiger charge is 2.27. The van der Waals surface area contributed by atoms with E-state index in [1.165, 1.54) is 25.2 Å². The lowest BCUT2D eigenvalue weighted by molar-refractivity contribution is 0.476. The maximum atomic E-state index is 12.7. The summed E-state index contributed by atoms with van der Waals surface area (Å²) in [6.45, 7) is 1.79. The highest BCUT2D eigenvalue weighted by molar-refractivity contribution is 7.93. The Balaban J connectivity index is 2.60. The smallest absolute Gasteiger partial charge is 0.265 e. The third-order valence-corrected chi connectivity index (χ3v) is 6.04. The Labute approximate surface area is 143 Å². The zero-order chi connectivity index (χ0) is 16.7. The molecule has 0 aromatic heterocycles. The number of aryl methyl sites for hydroxylation is 1. The molecular weight excluding hydrogens is 369 g/mol. The van der Waals surface area contributed by atoms with Crippen molar-refractivity contribution in [2.24, 2.45) is 0 Å². The van der Waals surface area contributed by atoms with Gasteiger partial charge in [-0.15, -0.1) is 0 Å². The summed E-state index contributed by atoms with van der Waals surface area (Å²) in [5.41, 5.74) is 0.942. The molecule has 0 atom stereocenters. The first-order chi connectivity index (χ1) is 10.1. The Kier molecular flexibility index (Phi) is 4.82. The van der Waals surface area contributed by atoms with E-state index in [-0.39, 0.29) is 31.4 Å². The van der Waals surface area contributed by atoms with Crippen LogP contribution < -0.4 is 4.31 Å². The maximum Gasteiger partial charge on any atom is 0.265 e. The fraction of sp³-hybridized carbons (Fsp3) is 0.143. The van der Waals surface area contributed by atoms with E-state index in [0.717, 1.165) is 9.87 Å². The number of benzene rings is 2. The van der Waals surface area contributed by atoms with Crippen LogP contribution in [-0.4, -0.2) is 20.6 Å². The molecule has 0 amide bonds. The van der Waals surface area contributed by atoms with E-state index in [1.54, 1.807) is 19.1 Å². The van der Waals surface area contributed by atoms with Crippen LogP contribution in [0.4, 0.5) is 5.69 Å². The molecule has 0 fully saturated rings. The molecular formula is C14H12Cl3NO3S. The van der Waals surface area contributed by atoms with Crippen molar-refractivity contribution in [3.8, 4) is 5.75 Å². The topological polar surface area (TPSA) is 57.6 Å². The zero-order valence-electron chi connectivity index (χ0n) is 11.6. The van der Waals surface area contributed by atoms with Gasteiger partial charge < -0.3 is 5.11 Å². The third kappa shape index (κ3) is 3.13. The average molecular weight is 381 g/mol. The number of aromatic hydroxyl groups is 1. The molecule has 2 aromatic carbocycles. The maximum absolute atomic E-state index is 12.7. The average Bonchev–Trinajstić information content (AvgIpc) is 2.44. The molecule has 0 saturated heterocycles. The highest BCUT2D eigenvalue weighted by Crippen LogP contribution is 2.36. The molecule has 22 heavy (non-hydrogen) atoms. The van der Waals surface area contributed by atoms with Gasteiger partial charge in [0.15, 0.2) is 0 Å². The summed E-state index contributed by atoms with van der Waals surface area (Å²) < 4.78 is 26.4. The van der Waals surface area contributed by atoms with Gasteiger partial charge in [0.1, 0.15) is 10.6 Å². The second-order valence-electron chi connectivity index (χ2n) is 4.66. The fourth-order valence-corrected chi connectivity index (χ4v) is 4.04. The predicted molar refractivity (Wildman–Crippen MR) is 89.9 cm³/mol. The molecule has 0 aliphatic rings. The SMILES string of the molecule is Cc1ccc(O)c(N(C)S(=O)(=O)c2cc(Cl)c(Cl)cc2Cl)c1. The molecule has 0 unspecified atom stereocenters. The van der Waals surface area contributed by atoms with Crippen molar-refractivity contribution in [1.29, 1.82) is 0 Å². The van der Waals surface area contributed by atoms with Crippen molar-refractivity contribution in [2.45, 2.75) is 11.8 Å². The lowest BCUT2D eigenvalue weighted by atomic mass is 10.2. The predicted octanol–water partition coefficient (Wildman–Crippen LogP) is 4.49. The second kappa shape index (κ2) is 6.16. The van der Waals surface area contributed by atoms with Crippen LogP contribution in [0.1, 0.15) is 5.56 Å². The summed E-state index contributed by atoms with van der Waals surface area (Å²) in [4.78, 5) is -0.188. The molecule has 0 aliphatic carbocycles. The summed E-state index contributed by atoms with van der Waals surface area (Å²) >= 11 is 17.7. The molecule has 0 radical (unpaired) electrons. The van der Waals surface area contributed by atoms with Crippen molar-refractivity contribution in [3.63, 3.8) is 0 Å². The zero-order valence-corrected chi connectivity index (χ0v) is 14.7. The Morgan fingerprint density at radius 2 is 1.59 bits per heavy atom. The number of rotatable bonds is 3. The minimum atomic E-state index is -4.00. The third-order valence-electron chi connectivity index (χ3n) is 3.08. The summed E-state index contributed by atoms with van der Waals surface area (Å²) in [5.74, 6) is -0.159. The van der Waals surface area contributed by atoms with Crippen LogP contribution in [0.25, 0.3) is 0 Å². The van der Waals surface area contributed by atoms with Gasteiger partial charge in [0.25, 0.3) is 10.0 Å². The van der Waals surface area contributed by atoms with E-state index in [2.05, 4.69) is 0 Å². The molecule has 118 valence electrons. The molecule has 4 nitrogen and oxygen atoms in total. The number of hydrogen-bond acceptors (Lipinski definition) is 3. The summed E-state index contributed by atoms with van der Waals surface area (Å²) in [7, 11) is -2.68. The van der Waals surface area contributed by atoms with Crippen molar-refractivity contribution in [2.75, 3.05) is 11.4 Å². The monoisotopic (exact) mass is 379 g/mol. The number of nitrogens with zero attached hydrogens (tertiary/aromatic N) is 1. The van der Waals surface area contributed by atoms with Gasteiger partial charge in [-0.2, -0.15) is 0 Å². The van der Waals surface area contributed by atoms with Crippen molar-refractivity contribution >= 4 is 50.5 Å². The van der Waals surface area contributed by atoms with Gasteiger partial charge >= 0.3 is 0 Å². The first-order valence-electron chi connectivity index (χ1n) is 6.07. The molecule has 0 aliphatic heterocycles. The molecule has 0 spiro atoms. The normalized spacial score (nSPS) is 11.5. The minimum absolute atomic E-state index is 0.0478. The lowest BCUT2D eigenvalue weighted by Crippen LogP contribution is -2.27. The van der Waals surface area contributed by atoms with Crippen LogP contribution in [0.5, 0.6) is 5.75 Å². The van der Waals surface area contributed by atoms with Gasteiger partial charge in [-0.05, 0) is 36.8 Å². The van der Waals surface area contributed by atoms with E-state index in [0.29, 0.717) is 0 Å². The Hall–Kier alpha value is -1.14. The lowest BCUT2D eigenvalue weighted by Gasteiger charge is -2.21.